The van der Waals surface area contributed by atoms with E-state index in [4.69, 9.17) is 9.47 Å². The van der Waals surface area contributed by atoms with Gasteiger partial charge >= 0.3 is 12.0 Å². The van der Waals surface area contributed by atoms with Crippen molar-refractivity contribution in [3.8, 4) is 11.5 Å². The number of para-hydroxylation sites is 1. The number of rotatable bonds is 5. The van der Waals surface area contributed by atoms with Crippen LogP contribution in [0.2, 0.25) is 0 Å². The lowest BCUT2D eigenvalue weighted by Gasteiger charge is -2.26. The predicted molar refractivity (Wildman–Crippen MR) is 104 cm³/mol. The number of nitrogens with one attached hydrogen (secondary N) is 1. The number of ether oxygens (including phenoxy) is 2. The van der Waals surface area contributed by atoms with Crippen molar-refractivity contribution in [2.24, 2.45) is 0 Å². The molecule has 30 heavy (non-hydrogen) atoms. The molecule has 2 aromatic carbocycles. The standard InChI is InChI=1S/C21H17FN2O6/c1-3-29-18-11-13(8-9-17(18)30-12(2)25)10-14-19(26)23-21(28)24(20(14)27)16-7-5-4-6-15(16)22/h4-11H,3H2,1-2H3,(H,23,26,28)/b14-10+. The minimum atomic E-state index is -1.05. The second kappa shape index (κ2) is 8.56. The zero-order valence-corrected chi connectivity index (χ0v) is 16.1. The van der Waals surface area contributed by atoms with E-state index in [1.54, 1.807) is 6.92 Å². The van der Waals surface area contributed by atoms with Crippen LogP contribution in [0.15, 0.2) is 48.0 Å². The van der Waals surface area contributed by atoms with Crippen molar-refractivity contribution in [2.45, 2.75) is 13.8 Å². The van der Waals surface area contributed by atoms with Crippen LogP contribution in [0.25, 0.3) is 6.08 Å². The number of nitrogens with zero attached hydrogens (tertiary/aromatic N) is 1. The van der Waals surface area contributed by atoms with E-state index in [9.17, 15) is 23.6 Å². The van der Waals surface area contributed by atoms with E-state index in [1.165, 1.54) is 49.4 Å². The molecule has 0 unspecified atom stereocenters. The molecular weight excluding hydrogens is 395 g/mol. The average Bonchev–Trinajstić information content (AvgIpc) is 2.68. The minimum absolute atomic E-state index is 0.175. The Morgan fingerprint density at radius 3 is 2.53 bits per heavy atom. The monoisotopic (exact) mass is 412 g/mol. The molecule has 1 aliphatic heterocycles. The molecular formula is C21H17FN2O6. The third kappa shape index (κ3) is 4.19. The number of carbonyl (C=O) groups excluding carboxylic acids is 4. The van der Waals surface area contributed by atoms with Crippen LogP contribution in [-0.2, 0) is 14.4 Å². The summed E-state index contributed by atoms with van der Waals surface area (Å²) in [6.45, 7) is 3.26. The van der Waals surface area contributed by atoms with Crippen molar-refractivity contribution in [3.05, 3.63) is 59.4 Å². The number of hydrogen-bond donors (Lipinski definition) is 1. The van der Waals surface area contributed by atoms with E-state index >= 15 is 0 Å². The topological polar surface area (TPSA) is 102 Å². The fourth-order valence-electron chi connectivity index (χ4n) is 2.80. The maximum Gasteiger partial charge on any atom is 0.336 e. The molecule has 1 N–H and O–H groups in total. The van der Waals surface area contributed by atoms with Gasteiger partial charge in [-0.25, -0.2) is 14.1 Å². The van der Waals surface area contributed by atoms with Gasteiger partial charge in [0.25, 0.3) is 11.8 Å². The molecule has 1 fully saturated rings. The second-order valence-electron chi connectivity index (χ2n) is 6.14. The van der Waals surface area contributed by atoms with Gasteiger partial charge in [0, 0.05) is 6.92 Å². The van der Waals surface area contributed by atoms with Gasteiger partial charge in [-0.3, -0.25) is 19.7 Å². The fraction of sp³-hybridized carbons (Fsp3) is 0.143. The van der Waals surface area contributed by atoms with Crippen LogP contribution in [-0.4, -0.2) is 30.4 Å². The van der Waals surface area contributed by atoms with E-state index in [0.717, 1.165) is 6.07 Å². The van der Waals surface area contributed by atoms with Crippen LogP contribution in [0.4, 0.5) is 14.9 Å². The number of hydrogen-bond acceptors (Lipinski definition) is 6. The normalized spacial score (nSPS) is 15.2. The van der Waals surface area contributed by atoms with Crippen molar-refractivity contribution in [1.82, 2.24) is 5.32 Å². The third-order valence-electron chi connectivity index (χ3n) is 4.03. The number of amides is 4. The molecule has 0 aliphatic carbocycles. The maximum atomic E-state index is 14.1. The molecule has 8 nitrogen and oxygen atoms in total. The maximum absolute atomic E-state index is 14.1. The van der Waals surface area contributed by atoms with Gasteiger partial charge in [-0.05, 0) is 42.8 Å². The number of imide groups is 2. The average molecular weight is 412 g/mol. The smallest absolute Gasteiger partial charge is 0.336 e. The summed E-state index contributed by atoms with van der Waals surface area (Å²) in [7, 11) is 0. The van der Waals surface area contributed by atoms with Gasteiger partial charge in [0.1, 0.15) is 11.4 Å². The van der Waals surface area contributed by atoms with Gasteiger partial charge in [-0.2, -0.15) is 0 Å². The Bertz CT molecular complexity index is 1080. The molecule has 0 bridgehead atoms. The molecule has 0 atom stereocenters. The molecule has 0 radical (unpaired) electrons. The summed E-state index contributed by atoms with van der Waals surface area (Å²) >= 11 is 0. The molecule has 154 valence electrons. The number of benzene rings is 2. The lowest BCUT2D eigenvalue weighted by molar-refractivity contribution is -0.132. The molecule has 0 saturated carbocycles. The Kier molecular flexibility index (Phi) is 5.91. The van der Waals surface area contributed by atoms with E-state index in [2.05, 4.69) is 0 Å². The molecule has 0 aromatic heterocycles. The lowest BCUT2D eigenvalue weighted by atomic mass is 10.1. The summed E-state index contributed by atoms with van der Waals surface area (Å²) in [6.07, 6.45) is 1.23. The zero-order chi connectivity index (χ0) is 21.8. The van der Waals surface area contributed by atoms with Crippen LogP contribution < -0.4 is 19.7 Å². The number of barbiturate groups is 1. The van der Waals surface area contributed by atoms with Gasteiger partial charge in [-0.1, -0.05) is 18.2 Å². The molecule has 4 amide bonds. The first-order chi connectivity index (χ1) is 14.3. The summed E-state index contributed by atoms with van der Waals surface area (Å²) in [5.74, 6) is -2.82. The zero-order valence-electron chi connectivity index (χ0n) is 16.1. The number of urea groups is 1. The molecule has 1 aliphatic rings. The number of carbonyl (C=O) groups is 4. The van der Waals surface area contributed by atoms with Gasteiger partial charge in [0.05, 0.1) is 12.3 Å². The van der Waals surface area contributed by atoms with Crippen LogP contribution in [0.5, 0.6) is 11.5 Å². The highest BCUT2D eigenvalue weighted by molar-refractivity contribution is 6.39. The van der Waals surface area contributed by atoms with Crippen molar-refractivity contribution in [2.75, 3.05) is 11.5 Å². The summed E-state index contributed by atoms with van der Waals surface area (Å²) in [5, 5.41) is 2.02. The Morgan fingerprint density at radius 1 is 1.13 bits per heavy atom. The Balaban J connectivity index is 2.01. The van der Waals surface area contributed by atoms with E-state index in [1.807, 2.05) is 5.32 Å². The number of anilines is 1. The predicted octanol–water partition coefficient (Wildman–Crippen LogP) is 2.82. The Labute approximate surface area is 170 Å². The molecule has 3 rings (SSSR count). The minimum Gasteiger partial charge on any atom is -0.490 e. The van der Waals surface area contributed by atoms with Crippen LogP contribution in [0.1, 0.15) is 19.4 Å². The first-order valence-corrected chi connectivity index (χ1v) is 8.93. The number of halogens is 1. The molecule has 1 saturated heterocycles. The molecule has 1 heterocycles. The van der Waals surface area contributed by atoms with Gasteiger partial charge in [-0.15, -0.1) is 0 Å². The third-order valence-corrected chi connectivity index (χ3v) is 4.03. The van der Waals surface area contributed by atoms with Gasteiger partial charge in [0.2, 0.25) is 0 Å². The number of esters is 1. The Hall–Kier alpha value is -4.01. The fourth-order valence-corrected chi connectivity index (χ4v) is 2.80. The van der Waals surface area contributed by atoms with Crippen molar-refractivity contribution >= 4 is 35.6 Å². The van der Waals surface area contributed by atoms with Crippen molar-refractivity contribution < 1.29 is 33.0 Å². The second-order valence-corrected chi connectivity index (χ2v) is 6.14. The summed E-state index contributed by atoms with van der Waals surface area (Å²) < 4.78 is 24.6. The summed E-state index contributed by atoms with van der Waals surface area (Å²) in [4.78, 5) is 49.0. The van der Waals surface area contributed by atoms with Crippen LogP contribution in [0.3, 0.4) is 0 Å². The van der Waals surface area contributed by atoms with E-state index < -0.39 is 29.6 Å². The lowest BCUT2D eigenvalue weighted by Crippen LogP contribution is -2.54. The molecule has 9 heteroatoms. The van der Waals surface area contributed by atoms with E-state index in [0.29, 0.717) is 10.5 Å². The highest BCUT2D eigenvalue weighted by atomic mass is 19.1. The van der Waals surface area contributed by atoms with Crippen LogP contribution >= 0.6 is 0 Å². The first-order valence-electron chi connectivity index (χ1n) is 8.93. The quantitative estimate of drug-likeness (QED) is 0.351. The van der Waals surface area contributed by atoms with E-state index in [-0.39, 0.29) is 29.4 Å². The van der Waals surface area contributed by atoms with Crippen molar-refractivity contribution in [1.29, 1.82) is 0 Å². The summed E-state index contributed by atoms with van der Waals surface area (Å²) in [6, 6.07) is 8.58. The summed E-state index contributed by atoms with van der Waals surface area (Å²) in [5.41, 5.74) is -0.283. The Morgan fingerprint density at radius 2 is 1.87 bits per heavy atom. The largest absolute Gasteiger partial charge is 0.490 e. The highest BCUT2D eigenvalue weighted by Crippen LogP contribution is 2.30. The molecule has 0 spiro atoms. The first kappa shape index (κ1) is 20.7. The molecule has 2 aromatic rings. The SMILES string of the molecule is CCOc1cc(/C=C2\C(=O)NC(=O)N(c3ccccc3F)C2=O)ccc1OC(C)=O. The van der Waals surface area contributed by atoms with Gasteiger partial charge in [0.15, 0.2) is 11.5 Å². The van der Waals surface area contributed by atoms with Gasteiger partial charge < -0.3 is 9.47 Å². The van der Waals surface area contributed by atoms with Crippen LogP contribution in [0, 0.1) is 5.82 Å². The van der Waals surface area contributed by atoms with Crippen molar-refractivity contribution in [3.63, 3.8) is 0 Å². The highest BCUT2D eigenvalue weighted by Gasteiger charge is 2.37.